The molecule has 1 aromatic heterocycles. The number of amides is 2. The van der Waals surface area contributed by atoms with E-state index in [-0.39, 0.29) is 17.9 Å². The van der Waals surface area contributed by atoms with Crippen LogP contribution in [-0.2, 0) is 11.2 Å². The molecule has 2 amide bonds. The largest absolute Gasteiger partial charge is 0.354 e. The Balaban J connectivity index is 1.39. The van der Waals surface area contributed by atoms with E-state index in [1.54, 1.807) is 0 Å². The van der Waals surface area contributed by atoms with Gasteiger partial charge in [0.25, 0.3) is 5.91 Å². The van der Waals surface area contributed by atoms with E-state index in [0.717, 1.165) is 50.0 Å². The molecular formula is C24H33N3O2. The number of benzene rings is 1. The third-order valence-corrected chi connectivity index (χ3v) is 5.86. The zero-order chi connectivity index (χ0) is 20.8. The fourth-order valence-corrected chi connectivity index (χ4v) is 4.15. The molecule has 0 bridgehead atoms. The van der Waals surface area contributed by atoms with E-state index >= 15 is 0 Å². The third kappa shape index (κ3) is 5.96. The van der Waals surface area contributed by atoms with Gasteiger partial charge in [-0.25, -0.2) is 0 Å². The zero-order valence-corrected chi connectivity index (χ0v) is 17.8. The van der Waals surface area contributed by atoms with Crippen molar-refractivity contribution in [2.75, 3.05) is 13.1 Å². The van der Waals surface area contributed by atoms with Gasteiger partial charge in [0.1, 0.15) is 5.69 Å². The Labute approximate surface area is 173 Å². The molecule has 1 fully saturated rings. The van der Waals surface area contributed by atoms with Crippen LogP contribution in [0.4, 0.5) is 0 Å². The third-order valence-electron chi connectivity index (χ3n) is 5.86. The molecule has 3 rings (SSSR count). The van der Waals surface area contributed by atoms with Crippen molar-refractivity contribution in [1.82, 2.24) is 15.2 Å². The molecule has 0 unspecified atom stereocenters. The summed E-state index contributed by atoms with van der Waals surface area (Å²) in [5.74, 6) is 0.561. The van der Waals surface area contributed by atoms with Gasteiger partial charge in [0.2, 0.25) is 5.91 Å². The molecule has 0 saturated carbocycles. The number of hydrogen-bond acceptors (Lipinski definition) is 2. The minimum atomic E-state index is 0.0769. The number of hydrogen-bond donors (Lipinski definition) is 2. The maximum Gasteiger partial charge on any atom is 0.270 e. The number of aromatic nitrogens is 1. The maximum absolute atomic E-state index is 12.7. The van der Waals surface area contributed by atoms with Gasteiger partial charge in [-0.05, 0) is 69.6 Å². The number of aromatic amines is 1. The van der Waals surface area contributed by atoms with E-state index in [1.807, 2.05) is 43.0 Å². The van der Waals surface area contributed by atoms with E-state index < -0.39 is 0 Å². The number of aryl methyl sites for hydroxylation is 3. The molecule has 0 spiro atoms. The molecule has 5 heteroatoms. The molecule has 156 valence electrons. The van der Waals surface area contributed by atoms with Gasteiger partial charge in [0.05, 0.1) is 0 Å². The van der Waals surface area contributed by atoms with Crippen molar-refractivity contribution in [3.63, 3.8) is 0 Å². The number of likely N-dealkylation sites (tertiary alicyclic amines) is 1. The van der Waals surface area contributed by atoms with Gasteiger partial charge in [-0.1, -0.05) is 30.3 Å². The highest BCUT2D eigenvalue weighted by Crippen LogP contribution is 2.23. The Morgan fingerprint density at radius 2 is 1.86 bits per heavy atom. The van der Waals surface area contributed by atoms with Gasteiger partial charge in [0.15, 0.2) is 0 Å². The zero-order valence-electron chi connectivity index (χ0n) is 17.8. The Bertz CT molecular complexity index is 820. The second-order valence-corrected chi connectivity index (χ2v) is 8.44. The summed E-state index contributed by atoms with van der Waals surface area (Å²) in [5.41, 5.74) is 4.02. The summed E-state index contributed by atoms with van der Waals surface area (Å²) in [7, 11) is 0. The molecule has 29 heavy (non-hydrogen) atoms. The minimum Gasteiger partial charge on any atom is -0.354 e. The van der Waals surface area contributed by atoms with Crippen LogP contribution in [0.2, 0.25) is 0 Å². The Hall–Kier alpha value is -2.56. The van der Waals surface area contributed by atoms with Crippen LogP contribution in [-0.4, -0.2) is 40.8 Å². The average Bonchev–Trinajstić information content (AvgIpc) is 3.05. The highest BCUT2D eigenvalue weighted by molar-refractivity contribution is 5.94. The van der Waals surface area contributed by atoms with Crippen LogP contribution in [0.25, 0.3) is 0 Å². The maximum atomic E-state index is 12.7. The van der Waals surface area contributed by atoms with Crippen LogP contribution >= 0.6 is 0 Å². The molecule has 1 aliphatic heterocycles. The monoisotopic (exact) mass is 395 g/mol. The smallest absolute Gasteiger partial charge is 0.270 e. The van der Waals surface area contributed by atoms with Crippen molar-refractivity contribution in [3.8, 4) is 0 Å². The van der Waals surface area contributed by atoms with Crippen molar-refractivity contribution in [2.24, 2.45) is 5.92 Å². The van der Waals surface area contributed by atoms with E-state index in [4.69, 9.17) is 0 Å². The average molecular weight is 396 g/mol. The van der Waals surface area contributed by atoms with Crippen molar-refractivity contribution in [2.45, 2.75) is 58.9 Å². The SMILES string of the molecule is Cc1cc(C)c(C(=O)N2CCC(CC(=O)N[C@@H](C)CCc3ccccc3)CC2)[nH]1. The summed E-state index contributed by atoms with van der Waals surface area (Å²) in [6.07, 6.45) is 4.24. The standard InChI is InChI=1S/C24H33N3O2/c1-17-15-19(3)26-23(17)24(29)27-13-11-21(12-14-27)16-22(28)25-18(2)9-10-20-7-5-4-6-8-20/h4-8,15,18,21,26H,9-14,16H2,1-3H3,(H,25,28)/t18-/m0/s1. The topological polar surface area (TPSA) is 65.2 Å². The fourth-order valence-electron chi connectivity index (χ4n) is 4.15. The quantitative estimate of drug-likeness (QED) is 0.744. The molecule has 5 nitrogen and oxygen atoms in total. The Morgan fingerprint density at radius 3 is 2.48 bits per heavy atom. The van der Waals surface area contributed by atoms with E-state index in [1.165, 1.54) is 5.56 Å². The first-order valence-corrected chi connectivity index (χ1v) is 10.7. The summed E-state index contributed by atoms with van der Waals surface area (Å²) in [6, 6.07) is 12.5. The van der Waals surface area contributed by atoms with Crippen molar-refractivity contribution in [3.05, 3.63) is 58.9 Å². The molecular weight excluding hydrogens is 362 g/mol. The second kappa shape index (κ2) is 9.77. The number of carbonyl (C=O) groups is 2. The predicted octanol–water partition coefficient (Wildman–Crippen LogP) is 4.01. The van der Waals surface area contributed by atoms with Crippen LogP contribution in [0.5, 0.6) is 0 Å². The van der Waals surface area contributed by atoms with Crippen LogP contribution in [0, 0.1) is 19.8 Å². The van der Waals surface area contributed by atoms with E-state index in [0.29, 0.717) is 18.0 Å². The van der Waals surface area contributed by atoms with Gasteiger partial charge in [-0.3, -0.25) is 9.59 Å². The minimum absolute atomic E-state index is 0.0769. The van der Waals surface area contributed by atoms with E-state index in [2.05, 4.69) is 29.4 Å². The summed E-state index contributed by atoms with van der Waals surface area (Å²) < 4.78 is 0. The van der Waals surface area contributed by atoms with Gasteiger partial charge in [-0.2, -0.15) is 0 Å². The van der Waals surface area contributed by atoms with Crippen molar-refractivity contribution < 1.29 is 9.59 Å². The van der Waals surface area contributed by atoms with Crippen molar-refractivity contribution >= 4 is 11.8 Å². The number of rotatable bonds is 7. The number of nitrogens with one attached hydrogen (secondary N) is 2. The highest BCUT2D eigenvalue weighted by Gasteiger charge is 2.26. The van der Waals surface area contributed by atoms with Crippen LogP contribution in [0.3, 0.4) is 0 Å². The van der Waals surface area contributed by atoms with Gasteiger partial charge in [-0.15, -0.1) is 0 Å². The summed E-state index contributed by atoms with van der Waals surface area (Å²) in [4.78, 5) is 30.2. The van der Waals surface area contributed by atoms with Gasteiger partial charge in [0, 0.05) is 31.2 Å². The number of H-pyrrole nitrogens is 1. The summed E-state index contributed by atoms with van der Waals surface area (Å²) in [6.45, 7) is 7.45. The second-order valence-electron chi connectivity index (χ2n) is 8.44. The fraction of sp³-hybridized carbons (Fsp3) is 0.500. The van der Waals surface area contributed by atoms with Gasteiger partial charge >= 0.3 is 0 Å². The molecule has 2 heterocycles. The predicted molar refractivity (Wildman–Crippen MR) is 116 cm³/mol. The lowest BCUT2D eigenvalue weighted by Gasteiger charge is -2.32. The molecule has 0 radical (unpaired) electrons. The van der Waals surface area contributed by atoms with Crippen LogP contribution in [0.15, 0.2) is 36.4 Å². The lowest BCUT2D eigenvalue weighted by molar-refractivity contribution is -0.122. The molecule has 2 aromatic rings. The Kier molecular flexibility index (Phi) is 7.13. The number of carbonyl (C=O) groups excluding carboxylic acids is 2. The molecule has 1 saturated heterocycles. The molecule has 1 aromatic carbocycles. The highest BCUT2D eigenvalue weighted by atomic mass is 16.2. The first-order chi connectivity index (χ1) is 13.9. The lowest BCUT2D eigenvalue weighted by atomic mass is 9.92. The number of nitrogens with zero attached hydrogens (tertiary/aromatic N) is 1. The Morgan fingerprint density at radius 1 is 1.17 bits per heavy atom. The van der Waals surface area contributed by atoms with E-state index in [9.17, 15) is 9.59 Å². The normalized spacial score (nSPS) is 15.9. The van der Waals surface area contributed by atoms with Gasteiger partial charge < -0.3 is 15.2 Å². The van der Waals surface area contributed by atoms with Crippen molar-refractivity contribution in [1.29, 1.82) is 0 Å². The first-order valence-electron chi connectivity index (χ1n) is 10.7. The lowest BCUT2D eigenvalue weighted by Crippen LogP contribution is -2.41. The van der Waals surface area contributed by atoms with Crippen LogP contribution in [0.1, 0.15) is 59.9 Å². The molecule has 2 N–H and O–H groups in total. The molecule has 1 aliphatic rings. The molecule has 1 atom stereocenters. The molecule has 0 aliphatic carbocycles. The summed E-state index contributed by atoms with van der Waals surface area (Å²) in [5, 5.41) is 3.14. The number of piperidine rings is 1. The van der Waals surface area contributed by atoms with Crippen LogP contribution < -0.4 is 5.32 Å². The summed E-state index contributed by atoms with van der Waals surface area (Å²) >= 11 is 0. The first kappa shape index (κ1) is 21.2.